The van der Waals surface area contributed by atoms with Crippen LogP contribution in [0.25, 0.3) is 0 Å². The standard InChI is InChI=1S/C20H22Cl2N2O2.C4H4O4/c1-23(2)12-18-14-4-3-5-19(25)15(14)8-9-24(18)20(26)11-13-6-7-16(21)17(22)10-13;5-3(6)1-2-4(7)8/h3-7,10,18,25H,8-9,11-12H2,1-2H3;1-2H,(H,5,6)(H,7,8). The van der Waals surface area contributed by atoms with Crippen LogP contribution < -0.4 is 0 Å². The molecule has 1 atom stereocenters. The highest BCUT2D eigenvalue weighted by Gasteiger charge is 2.32. The van der Waals surface area contributed by atoms with Crippen molar-refractivity contribution < 1.29 is 29.7 Å². The van der Waals surface area contributed by atoms with Crippen LogP contribution in [-0.4, -0.2) is 70.2 Å². The zero-order valence-electron chi connectivity index (χ0n) is 18.7. The van der Waals surface area contributed by atoms with Gasteiger partial charge >= 0.3 is 11.9 Å². The van der Waals surface area contributed by atoms with E-state index in [9.17, 15) is 19.5 Å². The number of aromatic hydroxyl groups is 1. The fraction of sp³-hybridized carbons (Fsp3) is 0.292. The number of benzene rings is 2. The van der Waals surface area contributed by atoms with Crippen molar-refractivity contribution in [3.8, 4) is 5.75 Å². The number of nitrogens with zero attached hydrogens (tertiary/aromatic N) is 2. The van der Waals surface area contributed by atoms with Crippen LogP contribution in [0.4, 0.5) is 0 Å². The predicted molar refractivity (Wildman–Crippen MR) is 129 cm³/mol. The molecule has 0 spiro atoms. The van der Waals surface area contributed by atoms with Gasteiger partial charge in [-0.3, -0.25) is 4.79 Å². The second-order valence-corrected chi connectivity index (χ2v) is 8.71. The third kappa shape index (κ3) is 7.76. The molecule has 0 radical (unpaired) electrons. The molecule has 3 N–H and O–H groups in total. The van der Waals surface area contributed by atoms with Crippen molar-refractivity contribution >= 4 is 41.0 Å². The lowest BCUT2D eigenvalue weighted by Crippen LogP contribution is -2.44. The van der Waals surface area contributed by atoms with Gasteiger partial charge in [0.15, 0.2) is 0 Å². The number of rotatable bonds is 6. The first-order valence-corrected chi connectivity index (χ1v) is 11.1. The molecular weight excluding hydrogens is 483 g/mol. The molecule has 3 rings (SSSR count). The zero-order valence-corrected chi connectivity index (χ0v) is 20.3. The van der Waals surface area contributed by atoms with Gasteiger partial charge in [0, 0.05) is 30.8 Å². The summed E-state index contributed by atoms with van der Waals surface area (Å²) in [7, 11) is 3.97. The van der Waals surface area contributed by atoms with Crippen LogP contribution in [0.1, 0.15) is 22.7 Å². The topological polar surface area (TPSA) is 118 Å². The molecule has 10 heteroatoms. The van der Waals surface area contributed by atoms with E-state index in [1.165, 1.54) is 0 Å². The Labute approximate surface area is 207 Å². The Morgan fingerprint density at radius 1 is 1.06 bits per heavy atom. The molecule has 1 heterocycles. The van der Waals surface area contributed by atoms with Gasteiger partial charge in [-0.1, -0.05) is 41.4 Å². The number of aliphatic carboxylic acids is 2. The van der Waals surface area contributed by atoms with Gasteiger partial charge in [-0.15, -0.1) is 0 Å². The molecule has 0 fully saturated rings. The minimum Gasteiger partial charge on any atom is -0.508 e. The Bertz CT molecular complexity index is 1070. The maximum Gasteiger partial charge on any atom is 0.328 e. The summed E-state index contributed by atoms with van der Waals surface area (Å²) in [5.74, 6) is -2.16. The number of carboxylic acids is 2. The lowest BCUT2D eigenvalue weighted by Gasteiger charge is -2.39. The molecule has 0 saturated carbocycles. The number of fused-ring (bicyclic) bond motifs is 1. The van der Waals surface area contributed by atoms with Crippen molar-refractivity contribution in [2.24, 2.45) is 0 Å². The monoisotopic (exact) mass is 508 g/mol. The van der Waals surface area contributed by atoms with Gasteiger partial charge in [-0.25, -0.2) is 9.59 Å². The Morgan fingerprint density at radius 2 is 1.71 bits per heavy atom. The van der Waals surface area contributed by atoms with E-state index in [1.54, 1.807) is 18.2 Å². The lowest BCUT2D eigenvalue weighted by molar-refractivity contribution is -0.134. The molecule has 1 aliphatic rings. The minimum atomic E-state index is -1.26. The van der Waals surface area contributed by atoms with Crippen LogP contribution in [0.2, 0.25) is 10.0 Å². The summed E-state index contributed by atoms with van der Waals surface area (Å²) in [6, 6.07) is 10.7. The van der Waals surface area contributed by atoms with E-state index in [4.69, 9.17) is 33.4 Å². The molecular formula is C24H26Cl2N2O6. The smallest absolute Gasteiger partial charge is 0.328 e. The maximum absolute atomic E-state index is 13.0. The molecule has 8 nitrogen and oxygen atoms in total. The highest BCUT2D eigenvalue weighted by molar-refractivity contribution is 6.42. The number of hydrogen-bond donors (Lipinski definition) is 3. The molecule has 182 valence electrons. The van der Waals surface area contributed by atoms with E-state index in [1.807, 2.05) is 37.2 Å². The molecule has 0 saturated heterocycles. The number of carbonyl (C=O) groups excluding carboxylic acids is 1. The van der Waals surface area contributed by atoms with E-state index in [2.05, 4.69) is 4.90 Å². The average molecular weight is 509 g/mol. The summed E-state index contributed by atoms with van der Waals surface area (Å²) in [6.07, 6.45) is 2.04. The van der Waals surface area contributed by atoms with E-state index in [-0.39, 0.29) is 18.4 Å². The summed E-state index contributed by atoms with van der Waals surface area (Å²) in [6.45, 7) is 1.28. The van der Waals surface area contributed by atoms with Crippen LogP contribution in [0.3, 0.4) is 0 Å². The van der Waals surface area contributed by atoms with E-state index in [0.29, 0.717) is 47.5 Å². The van der Waals surface area contributed by atoms with Crippen molar-refractivity contribution in [3.05, 3.63) is 75.3 Å². The fourth-order valence-electron chi connectivity index (χ4n) is 3.64. The molecule has 0 aromatic heterocycles. The quantitative estimate of drug-likeness (QED) is 0.509. The van der Waals surface area contributed by atoms with E-state index in [0.717, 1.165) is 16.7 Å². The number of carbonyl (C=O) groups is 3. The first-order chi connectivity index (χ1) is 16.0. The molecule has 0 bridgehead atoms. The predicted octanol–water partition coefficient (Wildman–Crippen LogP) is 3.64. The summed E-state index contributed by atoms with van der Waals surface area (Å²) in [5.41, 5.74) is 2.81. The molecule has 2 aromatic carbocycles. The van der Waals surface area contributed by atoms with E-state index >= 15 is 0 Å². The fourth-order valence-corrected chi connectivity index (χ4v) is 3.96. The number of amides is 1. The number of phenolic OH excluding ortho intramolecular Hbond substituents is 1. The van der Waals surface area contributed by atoms with Gasteiger partial charge in [0.1, 0.15) is 5.75 Å². The lowest BCUT2D eigenvalue weighted by atomic mass is 9.91. The molecule has 2 aromatic rings. The number of carboxylic acid groups (broad SMARTS) is 2. The average Bonchev–Trinajstić information content (AvgIpc) is 2.75. The zero-order chi connectivity index (χ0) is 25.4. The van der Waals surface area contributed by atoms with Crippen LogP contribution in [0.15, 0.2) is 48.6 Å². The Kier molecular flexibility index (Phi) is 9.92. The first kappa shape index (κ1) is 27.2. The highest BCUT2D eigenvalue weighted by Crippen LogP contribution is 2.35. The van der Waals surface area contributed by atoms with Crippen molar-refractivity contribution in [2.75, 3.05) is 27.2 Å². The third-order valence-electron chi connectivity index (χ3n) is 5.09. The van der Waals surface area contributed by atoms with Crippen LogP contribution >= 0.6 is 23.2 Å². The van der Waals surface area contributed by atoms with E-state index < -0.39 is 11.9 Å². The second kappa shape index (κ2) is 12.4. The van der Waals surface area contributed by atoms with Gasteiger partial charge in [-0.2, -0.15) is 0 Å². The molecule has 34 heavy (non-hydrogen) atoms. The molecule has 1 aliphatic heterocycles. The van der Waals surface area contributed by atoms with Gasteiger partial charge in [0.05, 0.1) is 22.5 Å². The second-order valence-electron chi connectivity index (χ2n) is 7.90. The number of phenols is 1. The van der Waals surface area contributed by atoms with Crippen molar-refractivity contribution in [1.82, 2.24) is 9.80 Å². The van der Waals surface area contributed by atoms with Gasteiger partial charge in [0.2, 0.25) is 5.91 Å². The number of hydrogen-bond acceptors (Lipinski definition) is 5. The van der Waals surface area contributed by atoms with Gasteiger partial charge in [0.25, 0.3) is 0 Å². The summed E-state index contributed by atoms with van der Waals surface area (Å²) in [5, 5.41) is 26.7. The van der Waals surface area contributed by atoms with Crippen molar-refractivity contribution in [1.29, 1.82) is 0 Å². The Hall–Kier alpha value is -3.07. The minimum absolute atomic E-state index is 0.0456. The Morgan fingerprint density at radius 3 is 2.26 bits per heavy atom. The van der Waals surface area contributed by atoms with Crippen LogP contribution in [0, 0.1) is 0 Å². The first-order valence-electron chi connectivity index (χ1n) is 10.3. The largest absolute Gasteiger partial charge is 0.508 e. The molecule has 1 amide bonds. The Balaban J connectivity index is 0.000000440. The van der Waals surface area contributed by atoms with Crippen molar-refractivity contribution in [3.63, 3.8) is 0 Å². The highest BCUT2D eigenvalue weighted by atomic mass is 35.5. The summed E-state index contributed by atoms with van der Waals surface area (Å²) >= 11 is 12.0. The normalized spacial score (nSPS) is 15.0. The molecule has 1 unspecified atom stereocenters. The third-order valence-corrected chi connectivity index (χ3v) is 5.83. The van der Waals surface area contributed by atoms with Gasteiger partial charge < -0.3 is 25.1 Å². The summed E-state index contributed by atoms with van der Waals surface area (Å²) < 4.78 is 0. The van der Waals surface area contributed by atoms with Crippen LogP contribution in [0.5, 0.6) is 5.75 Å². The number of halogens is 2. The molecule has 0 aliphatic carbocycles. The SMILES string of the molecule is CN(C)CC1c2cccc(O)c2CCN1C(=O)Cc1ccc(Cl)c(Cl)c1.O=C(O)C=CC(=O)O. The summed E-state index contributed by atoms with van der Waals surface area (Å²) in [4.78, 5) is 36.1. The number of likely N-dealkylation sites (N-methyl/N-ethyl adjacent to an activating group) is 1. The van der Waals surface area contributed by atoms with Gasteiger partial charge in [-0.05, 0) is 49.8 Å². The maximum atomic E-state index is 13.0. The van der Waals surface area contributed by atoms with Crippen LogP contribution in [-0.2, 0) is 27.2 Å². The van der Waals surface area contributed by atoms with Crippen molar-refractivity contribution in [2.45, 2.75) is 18.9 Å².